The van der Waals surface area contributed by atoms with Crippen LogP contribution in [0.2, 0.25) is 0 Å². The van der Waals surface area contributed by atoms with Crippen molar-refractivity contribution in [2.75, 3.05) is 20.6 Å². The highest BCUT2D eigenvalue weighted by Crippen LogP contribution is 2.19. The van der Waals surface area contributed by atoms with Crippen molar-refractivity contribution in [1.29, 1.82) is 0 Å². The smallest absolute Gasteiger partial charge is 0.251 e. The molecular weight excluding hydrogens is 386 g/mol. The van der Waals surface area contributed by atoms with Gasteiger partial charge in [-0.15, -0.1) is 0 Å². The Morgan fingerprint density at radius 3 is 1.84 bits per heavy atom. The van der Waals surface area contributed by atoms with E-state index in [4.69, 9.17) is 0 Å². The molecule has 3 aromatic rings. The van der Waals surface area contributed by atoms with E-state index in [0.29, 0.717) is 12.1 Å². The van der Waals surface area contributed by atoms with Crippen LogP contribution in [-0.2, 0) is 4.79 Å². The van der Waals surface area contributed by atoms with Crippen molar-refractivity contribution in [3.05, 3.63) is 108 Å². The summed E-state index contributed by atoms with van der Waals surface area (Å²) in [7, 11) is 3.99. The number of hydrogen-bond acceptors (Lipinski definition) is 3. The Balaban J connectivity index is 1.67. The molecule has 0 aliphatic rings. The highest BCUT2D eigenvalue weighted by Gasteiger charge is 2.21. The summed E-state index contributed by atoms with van der Waals surface area (Å²) in [6.07, 6.45) is 0.164. The van der Waals surface area contributed by atoms with Crippen molar-refractivity contribution in [3.8, 4) is 0 Å². The minimum absolute atomic E-state index is 0.0687. The molecule has 0 aliphatic carbocycles. The van der Waals surface area contributed by atoms with Gasteiger partial charge in [-0.05, 0) is 37.4 Å². The molecular formula is C26H29N3O2. The number of benzene rings is 3. The topological polar surface area (TPSA) is 61.4 Å². The Kier molecular flexibility index (Phi) is 7.96. The Morgan fingerprint density at radius 2 is 1.29 bits per heavy atom. The van der Waals surface area contributed by atoms with Gasteiger partial charge in [0, 0.05) is 12.1 Å². The average molecular weight is 416 g/mol. The first-order valence-electron chi connectivity index (χ1n) is 10.4. The summed E-state index contributed by atoms with van der Waals surface area (Å²) in [4.78, 5) is 27.6. The lowest BCUT2D eigenvalue weighted by molar-refractivity contribution is -0.121. The number of hydrogen-bond donors (Lipinski definition) is 2. The monoisotopic (exact) mass is 415 g/mol. The van der Waals surface area contributed by atoms with Crippen LogP contribution < -0.4 is 10.6 Å². The minimum atomic E-state index is -0.413. The molecule has 0 unspecified atom stereocenters. The van der Waals surface area contributed by atoms with Crippen molar-refractivity contribution in [3.63, 3.8) is 0 Å². The van der Waals surface area contributed by atoms with Gasteiger partial charge in [-0.1, -0.05) is 78.9 Å². The first-order chi connectivity index (χ1) is 15.0. The molecule has 0 saturated heterocycles. The van der Waals surface area contributed by atoms with Gasteiger partial charge in [0.25, 0.3) is 5.91 Å². The number of likely N-dealkylation sites (N-methyl/N-ethyl adjacent to an activating group) is 1. The second kappa shape index (κ2) is 11.1. The second-order valence-corrected chi connectivity index (χ2v) is 7.70. The van der Waals surface area contributed by atoms with E-state index in [1.165, 1.54) is 0 Å². The van der Waals surface area contributed by atoms with Crippen LogP contribution in [0.4, 0.5) is 0 Å². The second-order valence-electron chi connectivity index (χ2n) is 7.70. The van der Waals surface area contributed by atoms with Crippen LogP contribution in [-0.4, -0.2) is 37.4 Å². The van der Waals surface area contributed by atoms with Crippen LogP contribution in [0.15, 0.2) is 91.0 Å². The van der Waals surface area contributed by atoms with Gasteiger partial charge in [-0.2, -0.15) is 0 Å². The fourth-order valence-corrected chi connectivity index (χ4v) is 3.51. The lowest BCUT2D eigenvalue weighted by Gasteiger charge is -2.26. The number of nitrogens with one attached hydrogen (secondary N) is 2. The Bertz CT molecular complexity index is 960. The van der Waals surface area contributed by atoms with Gasteiger partial charge in [0.15, 0.2) is 0 Å². The molecule has 5 heteroatoms. The third-order valence-corrected chi connectivity index (χ3v) is 5.23. The fraction of sp³-hybridized carbons (Fsp3) is 0.231. The maximum Gasteiger partial charge on any atom is 0.251 e. The van der Waals surface area contributed by atoms with Crippen LogP contribution in [0.5, 0.6) is 0 Å². The SMILES string of the molecule is CN(C)[C@H](CNC(=O)C[C@@H](NC(=O)c1ccccc1)c1ccccc1)c1ccccc1. The molecule has 0 saturated carbocycles. The van der Waals surface area contributed by atoms with Gasteiger partial charge in [-0.3, -0.25) is 9.59 Å². The molecule has 3 rings (SSSR count). The average Bonchev–Trinajstić information content (AvgIpc) is 2.80. The Hall–Kier alpha value is -3.44. The molecule has 5 nitrogen and oxygen atoms in total. The summed E-state index contributed by atoms with van der Waals surface area (Å²) in [5, 5.41) is 6.06. The molecule has 0 spiro atoms. The predicted molar refractivity (Wildman–Crippen MR) is 124 cm³/mol. The van der Waals surface area contributed by atoms with Crippen molar-refractivity contribution in [2.24, 2.45) is 0 Å². The first-order valence-corrected chi connectivity index (χ1v) is 10.4. The minimum Gasteiger partial charge on any atom is -0.354 e. The van der Waals surface area contributed by atoms with E-state index >= 15 is 0 Å². The van der Waals surface area contributed by atoms with Crippen LogP contribution in [0.1, 0.15) is 40.0 Å². The van der Waals surface area contributed by atoms with Gasteiger partial charge >= 0.3 is 0 Å². The number of nitrogens with zero attached hydrogens (tertiary/aromatic N) is 1. The Morgan fingerprint density at radius 1 is 0.774 bits per heavy atom. The molecule has 0 bridgehead atoms. The molecule has 2 atom stereocenters. The molecule has 0 fully saturated rings. The standard InChI is InChI=1S/C26H29N3O2/c1-29(2)24(21-14-8-4-9-15-21)19-27-25(30)18-23(20-12-6-3-7-13-20)28-26(31)22-16-10-5-11-17-22/h3-17,23-24H,18-19H2,1-2H3,(H,27,30)(H,28,31)/t23-,24-/m1/s1. The van der Waals surface area contributed by atoms with E-state index in [1.54, 1.807) is 12.1 Å². The molecule has 31 heavy (non-hydrogen) atoms. The van der Waals surface area contributed by atoms with Gasteiger partial charge in [-0.25, -0.2) is 0 Å². The van der Waals surface area contributed by atoms with Crippen molar-refractivity contribution < 1.29 is 9.59 Å². The van der Waals surface area contributed by atoms with E-state index in [0.717, 1.165) is 11.1 Å². The molecule has 0 aliphatic heterocycles. The summed E-state index contributed by atoms with van der Waals surface area (Å²) in [5.74, 6) is -0.303. The molecule has 160 valence electrons. The molecule has 0 radical (unpaired) electrons. The molecule has 2 N–H and O–H groups in total. The zero-order valence-electron chi connectivity index (χ0n) is 18.0. The Labute approximate surface area is 184 Å². The van der Waals surface area contributed by atoms with E-state index in [-0.39, 0.29) is 24.3 Å². The molecule has 2 amide bonds. The van der Waals surface area contributed by atoms with Crippen LogP contribution in [0.25, 0.3) is 0 Å². The maximum absolute atomic E-state index is 12.8. The van der Waals surface area contributed by atoms with E-state index < -0.39 is 6.04 Å². The highest BCUT2D eigenvalue weighted by molar-refractivity contribution is 5.94. The van der Waals surface area contributed by atoms with E-state index in [9.17, 15) is 9.59 Å². The van der Waals surface area contributed by atoms with Crippen molar-refractivity contribution >= 4 is 11.8 Å². The molecule has 0 heterocycles. The maximum atomic E-state index is 12.8. The number of amides is 2. The zero-order chi connectivity index (χ0) is 22.1. The van der Waals surface area contributed by atoms with Crippen molar-refractivity contribution in [1.82, 2.24) is 15.5 Å². The summed E-state index contributed by atoms with van der Waals surface area (Å²) in [5.41, 5.74) is 2.61. The van der Waals surface area contributed by atoms with Gasteiger partial charge in [0.1, 0.15) is 0 Å². The fourth-order valence-electron chi connectivity index (χ4n) is 3.51. The largest absolute Gasteiger partial charge is 0.354 e. The van der Waals surface area contributed by atoms with Crippen molar-refractivity contribution in [2.45, 2.75) is 18.5 Å². The summed E-state index contributed by atoms with van der Waals surface area (Å²) in [6.45, 7) is 0.490. The lowest BCUT2D eigenvalue weighted by atomic mass is 10.0. The summed E-state index contributed by atoms with van der Waals surface area (Å²) < 4.78 is 0. The third-order valence-electron chi connectivity index (χ3n) is 5.23. The van der Waals surface area contributed by atoms with Gasteiger partial charge in [0.05, 0.1) is 18.5 Å². The number of carbonyl (C=O) groups is 2. The van der Waals surface area contributed by atoms with Crippen LogP contribution in [0.3, 0.4) is 0 Å². The number of carbonyl (C=O) groups excluding carboxylic acids is 2. The number of rotatable bonds is 9. The predicted octanol–water partition coefficient (Wildman–Crippen LogP) is 3.97. The van der Waals surface area contributed by atoms with Crippen LogP contribution in [0, 0.1) is 0 Å². The third kappa shape index (κ3) is 6.52. The normalized spacial score (nSPS) is 12.7. The lowest BCUT2D eigenvalue weighted by Crippen LogP contribution is -2.37. The summed E-state index contributed by atoms with van der Waals surface area (Å²) >= 11 is 0. The zero-order valence-corrected chi connectivity index (χ0v) is 18.0. The quantitative estimate of drug-likeness (QED) is 0.556. The summed E-state index contributed by atoms with van der Waals surface area (Å²) in [6, 6.07) is 28.4. The molecule has 0 aromatic heterocycles. The van der Waals surface area contributed by atoms with Crippen LogP contribution >= 0.6 is 0 Å². The first kappa shape index (κ1) is 22.2. The van der Waals surface area contributed by atoms with Gasteiger partial charge < -0.3 is 15.5 Å². The molecule has 3 aromatic carbocycles. The highest BCUT2D eigenvalue weighted by atomic mass is 16.2. The van der Waals surface area contributed by atoms with Gasteiger partial charge in [0.2, 0.25) is 5.91 Å². The van der Waals surface area contributed by atoms with E-state index in [2.05, 4.69) is 27.7 Å². The van der Waals surface area contributed by atoms with E-state index in [1.807, 2.05) is 80.8 Å².